The minimum Gasteiger partial charge on any atom is -0.494 e. The molecule has 0 aromatic heterocycles. The van der Waals surface area contributed by atoms with E-state index in [0.717, 1.165) is 31.2 Å². The monoisotopic (exact) mass is 390 g/mol. The van der Waals surface area contributed by atoms with Crippen molar-refractivity contribution in [1.82, 2.24) is 0 Å². The molecule has 0 radical (unpaired) electrons. The molecule has 1 fully saturated rings. The maximum atomic E-state index is 14.4. The van der Waals surface area contributed by atoms with E-state index in [0.29, 0.717) is 12.4 Å². The van der Waals surface area contributed by atoms with Gasteiger partial charge >= 0.3 is 0 Å². The van der Waals surface area contributed by atoms with Gasteiger partial charge in [0.05, 0.1) is 13.2 Å². The van der Waals surface area contributed by atoms with Crippen molar-refractivity contribution in [2.45, 2.75) is 45.1 Å². The van der Waals surface area contributed by atoms with E-state index in [-0.39, 0.29) is 28.8 Å². The van der Waals surface area contributed by atoms with Crippen molar-refractivity contribution >= 4 is 6.08 Å². The van der Waals surface area contributed by atoms with Gasteiger partial charge in [-0.15, -0.1) is 0 Å². The summed E-state index contributed by atoms with van der Waals surface area (Å²) in [5, 5.41) is 8.99. The van der Waals surface area contributed by atoms with Crippen LogP contribution < -0.4 is 4.74 Å². The highest BCUT2D eigenvalue weighted by Crippen LogP contribution is 2.38. The molecule has 1 aliphatic rings. The van der Waals surface area contributed by atoms with Crippen molar-refractivity contribution in [2.75, 3.05) is 6.61 Å². The molecule has 0 spiro atoms. The Morgan fingerprint density at radius 3 is 2.43 bits per heavy atom. The summed E-state index contributed by atoms with van der Waals surface area (Å²) in [5.41, 5.74) is 0.848. The van der Waals surface area contributed by atoms with Crippen molar-refractivity contribution in [3.63, 3.8) is 0 Å². The normalized spacial score (nSPS) is 19.9. The predicted molar refractivity (Wildman–Crippen MR) is 104 cm³/mol. The van der Waals surface area contributed by atoms with Gasteiger partial charge < -0.3 is 9.84 Å². The molecule has 0 amide bonds. The highest BCUT2D eigenvalue weighted by atomic mass is 19.2. The number of aliphatic hydroxyl groups is 1. The van der Waals surface area contributed by atoms with E-state index in [1.165, 1.54) is 18.2 Å². The largest absolute Gasteiger partial charge is 0.494 e. The van der Waals surface area contributed by atoms with Crippen LogP contribution in [0.2, 0.25) is 0 Å². The summed E-state index contributed by atoms with van der Waals surface area (Å²) in [6.45, 7) is 1.84. The lowest BCUT2D eigenvalue weighted by Gasteiger charge is -2.27. The molecule has 2 nitrogen and oxygen atoms in total. The van der Waals surface area contributed by atoms with Gasteiger partial charge in [-0.1, -0.05) is 30.4 Å². The Balaban J connectivity index is 1.61. The van der Waals surface area contributed by atoms with Crippen LogP contribution in [0.5, 0.6) is 5.75 Å². The van der Waals surface area contributed by atoms with Gasteiger partial charge in [-0.2, -0.15) is 0 Å². The van der Waals surface area contributed by atoms with Gasteiger partial charge in [-0.3, -0.25) is 0 Å². The average Bonchev–Trinajstić information content (AvgIpc) is 2.70. The number of hydrogen-bond donors (Lipinski definition) is 1. The molecule has 0 saturated heterocycles. The maximum Gasteiger partial charge on any atom is 0.166 e. The first-order valence-corrected chi connectivity index (χ1v) is 9.71. The molecule has 28 heavy (non-hydrogen) atoms. The number of ether oxygens (including phenoxy) is 1. The molecule has 1 aliphatic carbocycles. The highest BCUT2D eigenvalue weighted by molar-refractivity contribution is 5.51. The number of aliphatic hydroxyl groups excluding tert-OH is 1. The van der Waals surface area contributed by atoms with E-state index in [9.17, 15) is 13.2 Å². The zero-order valence-electron chi connectivity index (χ0n) is 15.9. The fourth-order valence-corrected chi connectivity index (χ4v) is 3.81. The van der Waals surface area contributed by atoms with E-state index in [2.05, 4.69) is 0 Å². The summed E-state index contributed by atoms with van der Waals surface area (Å²) < 4.78 is 47.5. The van der Waals surface area contributed by atoms with Gasteiger partial charge in [0.1, 0.15) is 11.6 Å². The van der Waals surface area contributed by atoms with E-state index < -0.39 is 18.2 Å². The van der Waals surface area contributed by atoms with Gasteiger partial charge in [-0.25, -0.2) is 13.2 Å². The Hall–Kier alpha value is -2.27. The predicted octanol–water partition coefficient (Wildman–Crippen LogP) is 5.98. The fourth-order valence-electron chi connectivity index (χ4n) is 3.81. The highest BCUT2D eigenvalue weighted by Gasteiger charge is 2.23. The number of halogens is 3. The van der Waals surface area contributed by atoms with E-state index in [4.69, 9.17) is 9.84 Å². The van der Waals surface area contributed by atoms with Gasteiger partial charge in [0, 0.05) is 17.2 Å². The summed E-state index contributed by atoms with van der Waals surface area (Å²) in [7, 11) is 0. The second-order valence-corrected chi connectivity index (χ2v) is 7.19. The summed E-state index contributed by atoms with van der Waals surface area (Å²) in [6.07, 6.45) is 6.93. The Labute approximate surface area is 163 Å². The van der Waals surface area contributed by atoms with Crippen LogP contribution in [0.3, 0.4) is 0 Å². The second kappa shape index (κ2) is 9.28. The van der Waals surface area contributed by atoms with Crippen LogP contribution in [0.25, 0.3) is 6.08 Å². The van der Waals surface area contributed by atoms with E-state index in [1.54, 1.807) is 12.1 Å². The third kappa shape index (κ3) is 4.58. The average molecular weight is 390 g/mol. The van der Waals surface area contributed by atoms with Crippen molar-refractivity contribution in [3.05, 3.63) is 70.5 Å². The number of hydrogen-bond acceptors (Lipinski definition) is 2. The molecule has 1 N–H and O–H groups in total. The molecule has 2 aromatic rings. The smallest absolute Gasteiger partial charge is 0.166 e. The first-order chi connectivity index (χ1) is 13.5. The third-order valence-electron chi connectivity index (χ3n) is 5.41. The zero-order chi connectivity index (χ0) is 20.1. The van der Waals surface area contributed by atoms with Crippen molar-refractivity contribution in [3.8, 4) is 5.75 Å². The first-order valence-electron chi connectivity index (χ1n) is 9.71. The zero-order valence-corrected chi connectivity index (χ0v) is 15.9. The summed E-state index contributed by atoms with van der Waals surface area (Å²) in [5.74, 6) is -1.21. The Bertz CT molecular complexity index is 840. The van der Waals surface area contributed by atoms with Crippen LogP contribution in [0.1, 0.15) is 55.2 Å². The molecular formula is C23H25F3O2. The summed E-state index contributed by atoms with van der Waals surface area (Å²) in [6, 6.07) is 7.92. The summed E-state index contributed by atoms with van der Waals surface area (Å²) >= 11 is 0. The number of benzene rings is 2. The topological polar surface area (TPSA) is 29.5 Å². The minimum atomic E-state index is -1.00. The van der Waals surface area contributed by atoms with Crippen molar-refractivity contribution < 1.29 is 23.0 Å². The third-order valence-corrected chi connectivity index (χ3v) is 5.41. The number of allylic oxidation sites excluding steroid dienone is 1. The fraction of sp³-hybridized carbons (Fsp3) is 0.391. The molecule has 0 atom stereocenters. The van der Waals surface area contributed by atoms with Crippen molar-refractivity contribution in [1.29, 1.82) is 0 Å². The standard InChI is InChI=1S/C23H25F3O2/c1-2-28-19-11-12-20(21(24)13-19)16-6-3-15(4-7-16)5-8-17-9-10-18(14-27)23(26)22(17)25/h5,8-13,15-16,27H,2-4,6-7,14H2,1H3/b8-5+. The van der Waals surface area contributed by atoms with Gasteiger partial charge in [0.2, 0.25) is 0 Å². The molecule has 0 bridgehead atoms. The molecule has 1 saturated carbocycles. The molecule has 0 heterocycles. The van der Waals surface area contributed by atoms with E-state index >= 15 is 0 Å². The lowest BCUT2D eigenvalue weighted by Crippen LogP contribution is -2.13. The maximum absolute atomic E-state index is 14.4. The van der Waals surface area contributed by atoms with E-state index in [1.807, 2.05) is 19.1 Å². The molecule has 2 aromatic carbocycles. The van der Waals surface area contributed by atoms with Crippen LogP contribution in [-0.2, 0) is 6.61 Å². The lowest BCUT2D eigenvalue weighted by molar-refractivity contribution is 0.273. The Morgan fingerprint density at radius 1 is 1.04 bits per heavy atom. The van der Waals surface area contributed by atoms with Crippen LogP contribution in [0.4, 0.5) is 13.2 Å². The second-order valence-electron chi connectivity index (χ2n) is 7.19. The Kier molecular flexibility index (Phi) is 6.79. The molecule has 5 heteroatoms. The Morgan fingerprint density at radius 2 is 1.79 bits per heavy atom. The van der Waals surface area contributed by atoms with Crippen molar-refractivity contribution in [2.24, 2.45) is 5.92 Å². The molecular weight excluding hydrogens is 365 g/mol. The van der Waals surface area contributed by atoms with Crippen LogP contribution in [0.15, 0.2) is 36.4 Å². The number of rotatable bonds is 6. The van der Waals surface area contributed by atoms with Crippen LogP contribution in [-0.4, -0.2) is 11.7 Å². The van der Waals surface area contributed by atoms with Gasteiger partial charge in [-0.05, 0) is 56.1 Å². The van der Waals surface area contributed by atoms with Crippen LogP contribution in [0, 0.1) is 23.4 Å². The first kappa shape index (κ1) is 20.5. The van der Waals surface area contributed by atoms with Crippen LogP contribution >= 0.6 is 0 Å². The summed E-state index contributed by atoms with van der Waals surface area (Å²) in [4.78, 5) is 0. The van der Waals surface area contributed by atoms with Gasteiger partial charge in [0.15, 0.2) is 11.6 Å². The molecule has 3 rings (SSSR count). The SMILES string of the molecule is CCOc1ccc(C2CCC(/C=C/c3ccc(CO)c(F)c3F)CC2)c(F)c1. The molecule has 0 unspecified atom stereocenters. The van der Waals surface area contributed by atoms with Gasteiger partial charge in [0.25, 0.3) is 0 Å². The quantitative estimate of drug-likeness (QED) is 0.657. The lowest BCUT2D eigenvalue weighted by atomic mass is 9.78. The minimum absolute atomic E-state index is 0.0486. The molecule has 0 aliphatic heterocycles. The molecule has 150 valence electrons.